The zero-order valence-corrected chi connectivity index (χ0v) is 10.2. The first-order valence-electron chi connectivity index (χ1n) is 5.36. The summed E-state index contributed by atoms with van der Waals surface area (Å²) in [6.07, 6.45) is 2.82. The summed E-state index contributed by atoms with van der Waals surface area (Å²) in [4.78, 5) is 21.3. The van der Waals surface area contributed by atoms with E-state index < -0.39 is 11.8 Å². The Morgan fingerprint density at radius 3 is 2.67 bits per heavy atom. The second-order valence-corrected chi connectivity index (χ2v) is 3.85. The molecule has 0 heterocycles. The Morgan fingerprint density at radius 2 is 2.11 bits per heavy atom. The SMILES string of the molecule is CC(=O)Nc1cc(F)c(C)c(/C=C/CC(=O)O)c1. The molecule has 0 spiro atoms. The molecule has 0 aromatic heterocycles. The van der Waals surface area contributed by atoms with Crippen molar-refractivity contribution in [2.24, 2.45) is 0 Å². The van der Waals surface area contributed by atoms with Crippen LogP contribution in [-0.2, 0) is 9.59 Å². The van der Waals surface area contributed by atoms with Crippen LogP contribution in [0.1, 0.15) is 24.5 Å². The predicted molar refractivity (Wildman–Crippen MR) is 66.7 cm³/mol. The van der Waals surface area contributed by atoms with Crippen molar-refractivity contribution < 1.29 is 19.1 Å². The monoisotopic (exact) mass is 251 g/mol. The van der Waals surface area contributed by atoms with Gasteiger partial charge in [0.1, 0.15) is 5.82 Å². The predicted octanol–water partition coefficient (Wildman–Crippen LogP) is 2.58. The standard InChI is InChI=1S/C13H14FNO3/c1-8-10(4-3-5-13(17)18)6-11(7-12(8)14)15-9(2)16/h3-4,6-7H,5H2,1-2H3,(H,15,16)(H,17,18)/b4-3+. The number of hydrogen-bond donors (Lipinski definition) is 2. The third kappa shape index (κ3) is 4.01. The molecule has 1 aromatic carbocycles. The average Bonchev–Trinajstić information content (AvgIpc) is 2.23. The van der Waals surface area contributed by atoms with Crippen LogP contribution < -0.4 is 5.32 Å². The number of anilines is 1. The van der Waals surface area contributed by atoms with E-state index in [0.717, 1.165) is 0 Å². The Kier molecular flexibility index (Phi) is 4.59. The van der Waals surface area contributed by atoms with Crippen LogP contribution in [0.3, 0.4) is 0 Å². The van der Waals surface area contributed by atoms with E-state index in [1.807, 2.05) is 0 Å². The Bertz CT molecular complexity index is 509. The van der Waals surface area contributed by atoms with Crippen LogP contribution in [0.4, 0.5) is 10.1 Å². The molecular formula is C13H14FNO3. The van der Waals surface area contributed by atoms with Gasteiger partial charge in [0.15, 0.2) is 0 Å². The van der Waals surface area contributed by atoms with Gasteiger partial charge >= 0.3 is 5.97 Å². The number of amides is 1. The largest absolute Gasteiger partial charge is 0.481 e. The lowest BCUT2D eigenvalue weighted by Gasteiger charge is -2.07. The first-order chi connectivity index (χ1) is 8.40. The Balaban J connectivity index is 3.02. The van der Waals surface area contributed by atoms with Crippen LogP contribution in [0, 0.1) is 12.7 Å². The van der Waals surface area contributed by atoms with Crippen LogP contribution in [-0.4, -0.2) is 17.0 Å². The molecule has 4 nitrogen and oxygen atoms in total. The summed E-state index contributed by atoms with van der Waals surface area (Å²) in [7, 11) is 0. The molecule has 1 aromatic rings. The fourth-order valence-corrected chi connectivity index (χ4v) is 1.44. The van der Waals surface area contributed by atoms with Gasteiger partial charge in [-0.05, 0) is 30.2 Å². The minimum Gasteiger partial charge on any atom is -0.481 e. The van der Waals surface area contributed by atoms with Crippen molar-refractivity contribution >= 4 is 23.6 Å². The van der Waals surface area contributed by atoms with Crippen LogP contribution in [0.2, 0.25) is 0 Å². The quantitative estimate of drug-likeness (QED) is 0.864. The molecule has 0 atom stereocenters. The molecular weight excluding hydrogens is 237 g/mol. The van der Waals surface area contributed by atoms with Crippen LogP contribution in [0.25, 0.3) is 6.08 Å². The number of carboxylic acid groups (broad SMARTS) is 1. The number of benzene rings is 1. The zero-order valence-electron chi connectivity index (χ0n) is 10.2. The Hall–Kier alpha value is -2.17. The van der Waals surface area contributed by atoms with Crippen molar-refractivity contribution in [3.05, 3.63) is 35.2 Å². The van der Waals surface area contributed by atoms with E-state index in [2.05, 4.69) is 5.32 Å². The topological polar surface area (TPSA) is 66.4 Å². The second kappa shape index (κ2) is 5.95. The normalized spacial score (nSPS) is 10.6. The van der Waals surface area contributed by atoms with Gasteiger partial charge in [-0.25, -0.2) is 4.39 Å². The fraction of sp³-hybridized carbons (Fsp3) is 0.231. The molecule has 1 amide bonds. The van der Waals surface area contributed by atoms with Gasteiger partial charge in [-0.3, -0.25) is 9.59 Å². The van der Waals surface area contributed by atoms with Crippen molar-refractivity contribution in [2.45, 2.75) is 20.3 Å². The van der Waals surface area contributed by atoms with E-state index in [-0.39, 0.29) is 12.3 Å². The molecule has 0 saturated carbocycles. The Morgan fingerprint density at radius 1 is 1.44 bits per heavy atom. The lowest BCUT2D eigenvalue weighted by molar-refractivity contribution is -0.136. The third-order valence-electron chi connectivity index (χ3n) is 2.29. The minimum absolute atomic E-state index is 0.134. The second-order valence-electron chi connectivity index (χ2n) is 3.85. The lowest BCUT2D eigenvalue weighted by Crippen LogP contribution is -2.06. The first-order valence-corrected chi connectivity index (χ1v) is 5.36. The number of nitrogens with one attached hydrogen (secondary N) is 1. The average molecular weight is 251 g/mol. The molecule has 0 fully saturated rings. The highest BCUT2D eigenvalue weighted by Crippen LogP contribution is 2.20. The van der Waals surface area contributed by atoms with E-state index in [9.17, 15) is 14.0 Å². The molecule has 5 heteroatoms. The summed E-state index contributed by atoms with van der Waals surface area (Å²) >= 11 is 0. The van der Waals surface area contributed by atoms with Crippen molar-refractivity contribution in [1.82, 2.24) is 0 Å². The number of carbonyl (C=O) groups excluding carboxylic acids is 1. The summed E-state index contributed by atoms with van der Waals surface area (Å²) in [6, 6.07) is 2.82. The fourth-order valence-electron chi connectivity index (χ4n) is 1.44. The highest BCUT2D eigenvalue weighted by atomic mass is 19.1. The van der Waals surface area contributed by atoms with Crippen LogP contribution >= 0.6 is 0 Å². The molecule has 0 radical (unpaired) electrons. The van der Waals surface area contributed by atoms with Gasteiger partial charge in [-0.1, -0.05) is 12.2 Å². The van der Waals surface area contributed by atoms with E-state index in [1.165, 1.54) is 25.1 Å². The summed E-state index contributed by atoms with van der Waals surface area (Å²) < 4.78 is 13.6. The van der Waals surface area contributed by atoms with Gasteiger partial charge in [0, 0.05) is 12.6 Å². The maximum Gasteiger partial charge on any atom is 0.307 e. The number of aliphatic carboxylic acids is 1. The number of hydrogen-bond acceptors (Lipinski definition) is 2. The van der Waals surface area contributed by atoms with E-state index in [0.29, 0.717) is 16.8 Å². The smallest absolute Gasteiger partial charge is 0.307 e. The molecule has 1 rings (SSSR count). The van der Waals surface area contributed by atoms with Crippen LogP contribution in [0.5, 0.6) is 0 Å². The zero-order chi connectivity index (χ0) is 13.7. The number of carboxylic acids is 1. The maximum absolute atomic E-state index is 13.6. The van der Waals surface area contributed by atoms with E-state index in [1.54, 1.807) is 13.0 Å². The van der Waals surface area contributed by atoms with Gasteiger partial charge in [-0.15, -0.1) is 0 Å². The highest BCUT2D eigenvalue weighted by Gasteiger charge is 2.06. The summed E-state index contributed by atoms with van der Waals surface area (Å²) in [5.41, 5.74) is 1.30. The van der Waals surface area contributed by atoms with Gasteiger partial charge in [0.2, 0.25) is 5.91 Å². The van der Waals surface area contributed by atoms with Gasteiger partial charge in [0.25, 0.3) is 0 Å². The first kappa shape index (κ1) is 13.9. The van der Waals surface area contributed by atoms with Gasteiger partial charge < -0.3 is 10.4 Å². The van der Waals surface area contributed by atoms with Crippen molar-refractivity contribution in [3.8, 4) is 0 Å². The minimum atomic E-state index is -0.956. The Labute approximate surface area is 104 Å². The molecule has 18 heavy (non-hydrogen) atoms. The number of halogens is 1. The van der Waals surface area contributed by atoms with Crippen molar-refractivity contribution in [1.29, 1.82) is 0 Å². The van der Waals surface area contributed by atoms with E-state index >= 15 is 0 Å². The van der Waals surface area contributed by atoms with Crippen molar-refractivity contribution in [2.75, 3.05) is 5.32 Å². The summed E-state index contributed by atoms with van der Waals surface area (Å²) in [6.45, 7) is 2.92. The lowest BCUT2D eigenvalue weighted by atomic mass is 10.1. The molecule has 0 saturated heterocycles. The highest BCUT2D eigenvalue weighted by molar-refractivity contribution is 5.89. The molecule has 0 aliphatic heterocycles. The molecule has 0 aliphatic carbocycles. The van der Waals surface area contributed by atoms with Gasteiger partial charge in [0.05, 0.1) is 6.42 Å². The molecule has 0 aliphatic rings. The van der Waals surface area contributed by atoms with Crippen LogP contribution in [0.15, 0.2) is 18.2 Å². The number of rotatable bonds is 4. The molecule has 96 valence electrons. The molecule has 0 unspecified atom stereocenters. The summed E-state index contributed by atoms with van der Waals surface area (Å²) in [5.74, 6) is -1.70. The summed E-state index contributed by atoms with van der Waals surface area (Å²) in [5, 5.41) is 11.0. The van der Waals surface area contributed by atoms with Crippen molar-refractivity contribution in [3.63, 3.8) is 0 Å². The molecule has 0 bridgehead atoms. The molecule has 2 N–H and O–H groups in total. The maximum atomic E-state index is 13.6. The van der Waals surface area contributed by atoms with Gasteiger partial charge in [-0.2, -0.15) is 0 Å². The third-order valence-corrected chi connectivity index (χ3v) is 2.29. The van der Waals surface area contributed by atoms with E-state index in [4.69, 9.17) is 5.11 Å². The number of carbonyl (C=O) groups is 2.